The number of hydrogen-bond donors (Lipinski definition) is 3. The smallest absolute Gasteiger partial charge is 0.413 e. The van der Waals surface area contributed by atoms with Crippen LogP contribution in [-0.4, -0.2) is 43.6 Å². The van der Waals surface area contributed by atoms with Crippen molar-refractivity contribution in [2.24, 2.45) is 7.05 Å². The van der Waals surface area contributed by atoms with Crippen LogP contribution in [0.15, 0.2) is 36.7 Å². The van der Waals surface area contributed by atoms with E-state index in [1.807, 2.05) is 6.92 Å². The maximum absolute atomic E-state index is 12.4. The summed E-state index contributed by atoms with van der Waals surface area (Å²) in [7, 11) is 1.63. The molecule has 0 aliphatic heterocycles. The highest BCUT2D eigenvalue weighted by molar-refractivity contribution is 6.30. The Bertz CT molecular complexity index is 1070. The van der Waals surface area contributed by atoms with Gasteiger partial charge < -0.3 is 10.1 Å². The number of hydrogen-bond acceptors (Lipinski definition) is 7. The van der Waals surface area contributed by atoms with Crippen molar-refractivity contribution in [3.8, 4) is 11.3 Å². The SMILES string of the molecule is CCNC(=O)Nc1ccc(-c2nnn(C)c2NC(=O)O[C@H](C)c2cccnc2Cl)cn1. The summed E-state index contributed by atoms with van der Waals surface area (Å²) in [5, 5.41) is 16.2. The molecule has 3 amide bonds. The lowest BCUT2D eigenvalue weighted by molar-refractivity contribution is 0.121. The van der Waals surface area contributed by atoms with E-state index >= 15 is 0 Å². The second kappa shape index (κ2) is 9.85. The van der Waals surface area contributed by atoms with E-state index in [2.05, 4.69) is 36.2 Å². The third kappa shape index (κ3) is 5.45. The average Bonchev–Trinajstić information content (AvgIpc) is 3.09. The Morgan fingerprint density at radius 2 is 2.03 bits per heavy atom. The highest BCUT2D eigenvalue weighted by atomic mass is 35.5. The van der Waals surface area contributed by atoms with Gasteiger partial charge in [0.05, 0.1) is 0 Å². The first-order valence-electron chi connectivity index (χ1n) is 9.38. The predicted octanol–water partition coefficient (Wildman–Crippen LogP) is 3.38. The number of carbonyl (C=O) groups is 2. The lowest BCUT2D eigenvalue weighted by Crippen LogP contribution is -2.28. The van der Waals surface area contributed by atoms with E-state index in [4.69, 9.17) is 16.3 Å². The molecular weight excluding hydrogens is 424 g/mol. The molecule has 162 valence electrons. The molecule has 12 heteroatoms. The summed E-state index contributed by atoms with van der Waals surface area (Å²) < 4.78 is 6.81. The molecule has 11 nitrogen and oxygen atoms in total. The fraction of sp³-hybridized carbons (Fsp3) is 0.263. The highest BCUT2D eigenvalue weighted by Gasteiger charge is 2.20. The van der Waals surface area contributed by atoms with Gasteiger partial charge in [-0.15, -0.1) is 5.10 Å². The molecule has 0 saturated heterocycles. The molecule has 0 unspecified atom stereocenters. The molecule has 0 aliphatic rings. The lowest BCUT2D eigenvalue weighted by atomic mass is 10.2. The minimum absolute atomic E-state index is 0.262. The van der Waals surface area contributed by atoms with Crippen LogP contribution < -0.4 is 16.0 Å². The summed E-state index contributed by atoms with van der Waals surface area (Å²) in [6.07, 6.45) is 1.74. The summed E-state index contributed by atoms with van der Waals surface area (Å²) in [5.41, 5.74) is 1.57. The lowest BCUT2D eigenvalue weighted by Gasteiger charge is -2.15. The fourth-order valence-corrected chi connectivity index (χ4v) is 2.95. The van der Waals surface area contributed by atoms with E-state index in [1.165, 1.54) is 10.9 Å². The number of carbonyl (C=O) groups excluding carboxylic acids is 2. The van der Waals surface area contributed by atoms with Gasteiger partial charge in [0.2, 0.25) is 0 Å². The van der Waals surface area contributed by atoms with Gasteiger partial charge in [-0.25, -0.2) is 24.2 Å². The third-order valence-corrected chi connectivity index (χ3v) is 4.49. The van der Waals surface area contributed by atoms with Crippen molar-refractivity contribution < 1.29 is 14.3 Å². The quantitative estimate of drug-likeness (QED) is 0.496. The van der Waals surface area contributed by atoms with Crippen LogP contribution in [0.25, 0.3) is 11.3 Å². The molecule has 0 bridgehead atoms. The van der Waals surface area contributed by atoms with Crippen molar-refractivity contribution in [3.05, 3.63) is 47.4 Å². The topological polar surface area (TPSA) is 136 Å². The van der Waals surface area contributed by atoms with E-state index in [0.717, 1.165) is 0 Å². The minimum atomic E-state index is -0.707. The predicted molar refractivity (Wildman–Crippen MR) is 115 cm³/mol. The van der Waals surface area contributed by atoms with Crippen molar-refractivity contribution in [2.45, 2.75) is 20.0 Å². The number of aryl methyl sites for hydroxylation is 1. The van der Waals surface area contributed by atoms with E-state index < -0.39 is 12.2 Å². The molecule has 0 saturated carbocycles. The number of halogens is 1. The van der Waals surface area contributed by atoms with Gasteiger partial charge in [0.1, 0.15) is 22.8 Å². The minimum Gasteiger partial charge on any atom is -0.441 e. The number of nitrogens with one attached hydrogen (secondary N) is 3. The average molecular weight is 445 g/mol. The van der Waals surface area contributed by atoms with Gasteiger partial charge in [-0.05, 0) is 32.0 Å². The Balaban J connectivity index is 1.71. The summed E-state index contributed by atoms with van der Waals surface area (Å²) >= 11 is 6.05. The normalized spacial score (nSPS) is 11.5. The fourth-order valence-electron chi connectivity index (χ4n) is 2.67. The molecule has 3 rings (SSSR count). The molecular formula is C19H21ClN8O3. The number of rotatable bonds is 6. The zero-order chi connectivity index (χ0) is 22.4. The van der Waals surface area contributed by atoms with Gasteiger partial charge in [-0.3, -0.25) is 10.6 Å². The zero-order valence-corrected chi connectivity index (χ0v) is 17.8. The number of nitrogens with zero attached hydrogens (tertiary/aromatic N) is 5. The third-order valence-electron chi connectivity index (χ3n) is 4.17. The van der Waals surface area contributed by atoms with Gasteiger partial charge in [0.25, 0.3) is 0 Å². The monoisotopic (exact) mass is 444 g/mol. The molecule has 0 spiro atoms. The second-order valence-corrected chi connectivity index (χ2v) is 6.74. The Hall–Kier alpha value is -3.73. The number of aromatic nitrogens is 5. The number of amides is 3. The van der Waals surface area contributed by atoms with Crippen LogP contribution in [0.3, 0.4) is 0 Å². The molecule has 3 aromatic heterocycles. The van der Waals surface area contributed by atoms with Gasteiger partial charge in [-0.2, -0.15) is 0 Å². The first-order valence-corrected chi connectivity index (χ1v) is 9.75. The van der Waals surface area contributed by atoms with E-state index in [9.17, 15) is 9.59 Å². The van der Waals surface area contributed by atoms with Crippen LogP contribution in [0.4, 0.5) is 21.2 Å². The van der Waals surface area contributed by atoms with Crippen molar-refractivity contribution in [1.29, 1.82) is 0 Å². The van der Waals surface area contributed by atoms with Crippen LogP contribution in [0.2, 0.25) is 5.15 Å². The van der Waals surface area contributed by atoms with E-state index in [1.54, 1.807) is 44.4 Å². The van der Waals surface area contributed by atoms with Crippen LogP contribution >= 0.6 is 11.6 Å². The number of ether oxygens (including phenoxy) is 1. The standard InChI is InChI=1S/C19H21ClN8O3/c1-4-21-18(29)24-14-8-7-12(10-23-14)15-17(28(3)27-26-15)25-19(30)31-11(2)13-6-5-9-22-16(13)20/h5-11H,4H2,1-3H3,(H,25,30)(H2,21,23,24,29)/t11-/m1/s1. The number of pyridine rings is 2. The molecule has 0 aromatic carbocycles. The van der Waals surface area contributed by atoms with Crippen LogP contribution in [-0.2, 0) is 11.8 Å². The Morgan fingerprint density at radius 1 is 1.23 bits per heavy atom. The Labute approximate surface area is 183 Å². The summed E-state index contributed by atoms with van der Waals surface area (Å²) in [5.74, 6) is 0.690. The van der Waals surface area contributed by atoms with E-state index in [0.29, 0.717) is 35.0 Å². The number of anilines is 2. The molecule has 0 aliphatic carbocycles. The second-order valence-electron chi connectivity index (χ2n) is 6.38. The van der Waals surface area contributed by atoms with Crippen molar-refractivity contribution >= 4 is 35.4 Å². The Kier molecular flexibility index (Phi) is 6.98. The highest BCUT2D eigenvalue weighted by Crippen LogP contribution is 2.27. The van der Waals surface area contributed by atoms with Crippen molar-refractivity contribution in [1.82, 2.24) is 30.3 Å². The molecule has 3 N–H and O–H groups in total. The first kappa shape index (κ1) is 22.0. The molecule has 0 radical (unpaired) electrons. The van der Waals surface area contributed by atoms with E-state index in [-0.39, 0.29) is 11.2 Å². The largest absolute Gasteiger partial charge is 0.441 e. The van der Waals surface area contributed by atoms with Gasteiger partial charge in [-0.1, -0.05) is 22.9 Å². The maximum atomic E-state index is 12.4. The van der Waals surface area contributed by atoms with Crippen molar-refractivity contribution in [2.75, 3.05) is 17.2 Å². The first-order chi connectivity index (χ1) is 14.9. The molecule has 0 fully saturated rings. The van der Waals surface area contributed by atoms with Crippen LogP contribution in [0.5, 0.6) is 0 Å². The van der Waals surface area contributed by atoms with Crippen LogP contribution in [0, 0.1) is 0 Å². The zero-order valence-electron chi connectivity index (χ0n) is 17.1. The van der Waals surface area contributed by atoms with Gasteiger partial charge in [0, 0.05) is 37.1 Å². The van der Waals surface area contributed by atoms with Gasteiger partial charge >= 0.3 is 12.1 Å². The molecule has 3 heterocycles. The molecule has 3 aromatic rings. The maximum Gasteiger partial charge on any atom is 0.413 e. The number of urea groups is 1. The summed E-state index contributed by atoms with van der Waals surface area (Å²) in [6.45, 7) is 4.01. The summed E-state index contributed by atoms with van der Waals surface area (Å²) in [6, 6.07) is 6.41. The van der Waals surface area contributed by atoms with Gasteiger partial charge in [0.15, 0.2) is 5.82 Å². The molecule has 31 heavy (non-hydrogen) atoms. The Morgan fingerprint density at radius 3 is 2.71 bits per heavy atom. The van der Waals surface area contributed by atoms with Crippen molar-refractivity contribution in [3.63, 3.8) is 0 Å². The van der Waals surface area contributed by atoms with Crippen LogP contribution in [0.1, 0.15) is 25.5 Å². The molecule has 1 atom stereocenters. The summed E-state index contributed by atoms with van der Waals surface area (Å²) in [4.78, 5) is 32.2.